The van der Waals surface area contributed by atoms with E-state index in [9.17, 15) is 9.18 Å². The number of ether oxygens (including phenoxy) is 1. The maximum Gasteiger partial charge on any atom is 0.226 e. The lowest BCUT2D eigenvalue weighted by Crippen LogP contribution is -2.19. The van der Waals surface area contributed by atoms with Crippen molar-refractivity contribution in [2.75, 3.05) is 0 Å². The molecule has 0 bridgehead atoms. The van der Waals surface area contributed by atoms with Gasteiger partial charge in [0.2, 0.25) is 5.91 Å². The van der Waals surface area contributed by atoms with Gasteiger partial charge in [0, 0.05) is 10.9 Å². The Balaban J connectivity index is 1.78. The standard InChI is InChI=1S/C18H16FN3O2S/c1-10(18(20)23)15-5-4-13(8-21-15)24-17-6-3-12(7-14(17)19)16-9-25-11(2)22-16/h3-10H,1-2H3,(H2,20,23). The molecule has 2 aromatic heterocycles. The number of carbonyl (C=O) groups excluding carboxylic acids is 1. The van der Waals surface area contributed by atoms with Gasteiger partial charge in [0.15, 0.2) is 11.6 Å². The number of primary amides is 1. The number of aryl methyl sites for hydroxylation is 1. The van der Waals surface area contributed by atoms with Crippen molar-refractivity contribution in [1.29, 1.82) is 0 Å². The molecule has 7 heteroatoms. The normalized spacial score (nSPS) is 12.0. The molecule has 1 atom stereocenters. The highest BCUT2D eigenvalue weighted by Crippen LogP contribution is 2.29. The molecule has 1 aromatic carbocycles. The van der Waals surface area contributed by atoms with Crippen LogP contribution >= 0.6 is 11.3 Å². The Hall–Kier alpha value is -2.80. The van der Waals surface area contributed by atoms with Gasteiger partial charge in [-0.05, 0) is 44.2 Å². The van der Waals surface area contributed by atoms with Gasteiger partial charge in [0.1, 0.15) is 5.75 Å². The number of thiazole rings is 1. The Morgan fingerprint density at radius 1 is 1.32 bits per heavy atom. The molecule has 1 unspecified atom stereocenters. The molecule has 0 saturated carbocycles. The van der Waals surface area contributed by atoms with Crippen LogP contribution in [0.1, 0.15) is 23.5 Å². The van der Waals surface area contributed by atoms with E-state index in [1.807, 2.05) is 12.3 Å². The number of pyridine rings is 1. The largest absolute Gasteiger partial charge is 0.453 e. The number of nitrogens with two attached hydrogens (primary N) is 1. The third-order valence-corrected chi connectivity index (χ3v) is 4.48. The molecule has 2 N–H and O–H groups in total. The van der Waals surface area contributed by atoms with Crippen LogP contribution in [0.2, 0.25) is 0 Å². The quantitative estimate of drug-likeness (QED) is 0.748. The zero-order valence-corrected chi connectivity index (χ0v) is 14.5. The van der Waals surface area contributed by atoms with E-state index in [0.717, 1.165) is 10.7 Å². The molecule has 0 aliphatic heterocycles. The first-order valence-electron chi connectivity index (χ1n) is 7.59. The van der Waals surface area contributed by atoms with Crippen LogP contribution in [-0.4, -0.2) is 15.9 Å². The third-order valence-electron chi connectivity index (χ3n) is 3.70. The second kappa shape index (κ2) is 6.98. The van der Waals surface area contributed by atoms with Crippen LogP contribution in [0.5, 0.6) is 11.5 Å². The monoisotopic (exact) mass is 357 g/mol. The van der Waals surface area contributed by atoms with Gasteiger partial charge in [-0.2, -0.15) is 0 Å². The van der Waals surface area contributed by atoms with E-state index in [4.69, 9.17) is 10.5 Å². The summed E-state index contributed by atoms with van der Waals surface area (Å²) in [6.07, 6.45) is 1.44. The van der Waals surface area contributed by atoms with E-state index >= 15 is 0 Å². The van der Waals surface area contributed by atoms with Crippen molar-refractivity contribution in [3.63, 3.8) is 0 Å². The number of nitrogens with zero attached hydrogens (tertiary/aromatic N) is 2. The van der Waals surface area contributed by atoms with Gasteiger partial charge in [-0.1, -0.05) is 0 Å². The van der Waals surface area contributed by atoms with Gasteiger partial charge in [-0.15, -0.1) is 11.3 Å². The van der Waals surface area contributed by atoms with Gasteiger partial charge < -0.3 is 10.5 Å². The molecule has 2 heterocycles. The number of benzene rings is 1. The smallest absolute Gasteiger partial charge is 0.226 e. The zero-order chi connectivity index (χ0) is 18.0. The predicted molar refractivity (Wildman–Crippen MR) is 94.2 cm³/mol. The first kappa shape index (κ1) is 17.0. The molecular weight excluding hydrogens is 341 g/mol. The fraction of sp³-hybridized carbons (Fsp3) is 0.167. The fourth-order valence-corrected chi connectivity index (χ4v) is 2.84. The molecule has 1 amide bonds. The van der Waals surface area contributed by atoms with Crippen molar-refractivity contribution in [2.24, 2.45) is 5.73 Å². The van der Waals surface area contributed by atoms with Crippen LogP contribution in [0.3, 0.4) is 0 Å². The molecule has 0 aliphatic carbocycles. The lowest BCUT2D eigenvalue weighted by Gasteiger charge is -2.10. The fourth-order valence-electron chi connectivity index (χ4n) is 2.22. The summed E-state index contributed by atoms with van der Waals surface area (Å²) >= 11 is 1.51. The number of rotatable bonds is 5. The average Bonchev–Trinajstić information content (AvgIpc) is 3.03. The van der Waals surface area contributed by atoms with Crippen molar-refractivity contribution < 1.29 is 13.9 Å². The van der Waals surface area contributed by atoms with Crippen molar-refractivity contribution in [2.45, 2.75) is 19.8 Å². The summed E-state index contributed by atoms with van der Waals surface area (Å²) in [5, 5.41) is 2.81. The Labute approximate surface area is 148 Å². The summed E-state index contributed by atoms with van der Waals surface area (Å²) in [7, 11) is 0. The van der Waals surface area contributed by atoms with Crippen LogP contribution in [0, 0.1) is 12.7 Å². The Morgan fingerprint density at radius 2 is 2.12 bits per heavy atom. The highest BCUT2D eigenvalue weighted by molar-refractivity contribution is 7.09. The van der Waals surface area contributed by atoms with E-state index in [1.165, 1.54) is 23.6 Å². The van der Waals surface area contributed by atoms with Gasteiger partial charge in [-0.3, -0.25) is 9.78 Å². The van der Waals surface area contributed by atoms with Crippen LogP contribution in [-0.2, 0) is 4.79 Å². The zero-order valence-electron chi connectivity index (χ0n) is 13.7. The van der Waals surface area contributed by atoms with Crippen molar-refractivity contribution in [3.8, 4) is 22.8 Å². The molecule has 0 saturated heterocycles. The minimum atomic E-state index is -0.494. The molecule has 25 heavy (non-hydrogen) atoms. The molecule has 0 spiro atoms. The van der Waals surface area contributed by atoms with E-state index in [0.29, 0.717) is 17.0 Å². The maximum atomic E-state index is 14.3. The molecule has 0 aliphatic rings. The highest BCUT2D eigenvalue weighted by atomic mass is 32.1. The summed E-state index contributed by atoms with van der Waals surface area (Å²) in [4.78, 5) is 19.6. The average molecular weight is 357 g/mol. The molecule has 0 radical (unpaired) electrons. The number of halogens is 1. The topological polar surface area (TPSA) is 78.1 Å². The van der Waals surface area contributed by atoms with Gasteiger partial charge in [-0.25, -0.2) is 9.37 Å². The summed E-state index contributed by atoms with van der Waals surface area (Å²) in [5.74, 6) is -0.978. The second-order valence-electron chi connectivity index (χ2n) is 5.54. The summed E-state index contributed by atoms with van der Waals surface area (Å²) < 4.78 is 19.8. The van der Waals surface area contributed by atoms with Crippen LogP contribution in [0.4, 0.5) is 4.39 Å². The van der Waals surface area contributed by atoms with Gasteiger partial charge in [0.05, 0.1) is 28.5 Å². The van der Waals surface area contributed by atoms with Crippen LogP contribution in [0.15, 0.2) is 41.9 Å². The Morgan fingerprint density at radius 3 is 2.68 bits per heavy atom. The summed E-state index contributed by atoms with van der Waals surface area (Å²) in [6.45, 7) is 3.57. The van der Waals surface area contributed by atoms with E-state index in [-0.39, 0.29) is 5.75 Å². The number of aromatic nitrogens is 2. The van der Waals surface area contributed by atoms with Crippen molar-refractivity contribution in [3.05, 3.63) is 58.4 Å². The van der Waals surface area contributed by atoms with E-state index < -0.39 is 17.6 Å². The number of hydrogen-bond donors (Lipinski definition) is 1. The minimum Gasteiger partial charge on any atom is -0.453 e. The van der Waals surface area contributed by atoms with E-state index in [2.05, 4.69) is 9.97 Å². The maximum absolute atomic E-state index is 14.3. The van der Waals surface area contributed by atoms with E-state index in [1.54, 1.807) is 31.2 Å². The van der Waals surface area contributed by atoms with Crippen LogP contribution < -0.4 is 10.5 Å². The first-order valence-corrected chi connectivity index (χ1v) is 8.47. The minimum absolute atomic E-state index is 0.0909. The lowest BCUT2D eigenvalue weighted by molar-refractivity contribution is -0.119. The third kappa shape index (κ3) is 3.83. The summed E-state index contributed by atoms with van der Waals surface area (Å²) in [6, 6.07) is 7.96. The summed E-state index contributed by atoms with van der Waals surface area (Å²) in [5.41, 5.74) is 7.21. The predicted octanol–water partition coefficient (Wildman–Crippen LogP) is 4.03. The number of amides is 1. The Kier molecular flexibility index (Phi) is 4.76. The van der Waals surface area contributed by atoms with Crippen molar-refractivity contribution in [1.82, 2.24) is 9.97 Å². The SMILES string of the molecule is Cc1nc(-c2ccc(Oc3ccc(C(C)C(N)=O)nc3)c(F)c2)cs1. The lowest BCUT2D eigenvalue weighted by atomic mass is 10.1. The molecule has 3 rings (SSSR count). The first-order chi connectivity index (χ1) is 11.9. The van der Waals surface area contributed by atoms with Crippen molar-refractivity contribution >= 4 is 17.2 Å². The molecule has 3 aromatic rings. The number of hydrogen-bond acceptors (Lipinski definition) is 5. The molecular formula is C18H16FN3O2S. The van der Waals surface area contributed by atoms with Crippen LogP contribution in [0.25, 0.3) is 11.3 Å². The number of carbonyl (C=O) groups is 1. The molecule has 0 fully saturated rings. The Bertz CT molecular complexity index is 909. The van der Waals surface area contributed by atoms with Gasteiger partial charge >= 0.3 is 0 Å². The van der Waals surface area contributed by atoms with Gasteiger partial charge in [0.25, 0.3) is 0 Å². The molecule has 5 nitrogen and oxygen atoms in total. The second-order valence-corrected chi connectivity index (χ2v) is 6.60. The highest BCUT2D eigenvalue weighted by Gasteiger charge is 2.14. The molecule has 128 valence electrons.